The van der Waals surface area contributed by atoms with E-state index >= 15 is 0 Å². The summed E-state index contributed by atoms with van der Waals surface area (Å²) in [5, 5.41) is 16.9. The Morgan fingerprint density at radius 3 is 2.78 bits per heavy atom. The number of aryl methyl sites for hydroxylation is 1. The highest BCUT2D eigenvalue weighted by Gasteiger charge is 2.13. The van der Waals surface area contributed by atoms with E-state index < -0.39 is 0 Å². The topological polar surface area (TPSA) is 104 Å². The predicted molar refractivity (Wildman–Crippen MR) is 89.4 cm³/mol. The first-order valence-corrected chi connectivity index (χ1v) is 8.07. The lowest BCUT2D eigenvalue weighted by molar-refractivity contribution is 0.638. The lowest BCUT2D eigenvalue weighted by Gasteiger charge is -1.99. The molecule has 3 aromatic rings. The second-order valence-electron chi connectivity index (χ2n) is 4.97. The molecule has 0 saturated heterocycles. The van der Waals surface area contributed by atoms with Crippen LogP contribution in [0.5, 0.6) is 0 Å². The molecule has 0 bridgehead atoms. The van der Waals surface area contributed by atoms with Gasteiger partial charge in [0, 0.05) is 12.1 Å². The Morgan fingerprint density at radius 1 is 1.26 bits per heavy atom. The molecule has 9 heteroatoms. The van der Waals surface area contributed by atoms with Gasteiger partial charge in [-0.05, 0) is 18.6 Å². The molecule has 0 atom stereocenters. The quantitative estimate of drug-likeness (QED) is 0.661. The highest BCUT2D eigenvalue weighted by Crippen LogP contribution is 2.20. The lowest BCUT2D eigenvalue weighted by Crippen LogP contribution is -2.30. The van der Waals surface area contributed by atoms with Gasteiger partial charge in [0.1, 0.15) is 11.6 Å². The summed E-state index contributed by atoms with van der Waals surface area (Å²) in [5.41, 5.74) is 0.588. The third-order valence-corrected chi connectivity index (χ3v) is 4.02. The zero-order valence-corrected chi connectivity index (χ0v) is 13.5. The average Bonchev–Trinajstić information content (AvgIpc) is 3.09. The van der Waals surface area contributed by atoms with Gasteiger partial charge in [0.25, 0.3) is 0 Å². The fourth-order valence-corrected chi connectivity index (χ4v) is 2.85. The number of aromatic nitrogens is 5. The van der Waals surface area contributed by atoms with Crippen LogP contribution in [-0.4, -0.2) is 24.7 Å². The Balaban J connectivity index is 1.74. The highest BCUT2D eigenvalue weighted by atomic mass is 32.1. The maximum absolute atomic E-state index is 12.0. The zero-order valence-electron chi connectivity index (χ0n) is 12.6. The molecule has 0 fully saturated rings. The third kappa shape index (κ3) is 3.39. The van der Waals surface area contributed by atoms with Crippen LogP contribution < -0.4 is 16.8 Å². The van der Waals surface area contributed by atoms with Crippen LogP contribution >= 0.6 is 11.3 Å². The molecule has 2 heterocycles. The summed E-state index contributed by atoms with van der Waals surface area (Å²) in [5.74, 6) is 6.30. The van der Waals surface area contributed by atoms with Gasteiger partial charge >= 0.3 is 5.69 Å². The summed E-state index contributed by atoms with van der Waals surface area (Å²) in [6.07, 6.45) is 1.53. The molecule has 120 valence electrons. The molecule has 0 spiro atoms. The van der Waals surface area contributed by atoms with E-state index in [1.54, 1.807) is 0 Å². The molecule has 23 heavy (non-hydrogen) atoms. The number of rotatable bonds is 6. The molecular formula is C14H17N7OS. The highest BCUT2D eigenvalue weighted by molar-refractivity contribution is 7.15. The monoisotopic (exact) mass is 331 g/mol. The Kier molecular flexibility index (Phi) is 4.38. The van der Waals surface area contributed by atoms with Gasteiger partial charge in [-0.3, -0.25) is 0 Å². The number of hydrogen-bond acceptors (Lipinski definition) is 7. The van der Waals surface area contributed by atoms with Crippen molar-refractivity contribution < 1.29 is 0 Å². The molecule has 3 rings (SSSR count). The largest absolute Gasteiger partial charge is 0.364 e. The van der Waals surface area contributed by atoms with E-state index in [9.17, 15) is 4.79 Å². The van der Waals surface area contributed by atoms with E-state index in [0.717, 1.165) is 16.8 Å². The third-order valence-electron chi connectivity index (χ3n) is 3.19. The Labute approximate surface area is 136 Å². The van der Waals surface area contributed by atoms with E-state index in [1.165, 1.54) is 16.0 Å². The van der Waals surface area contributed by atoms with Crippen molar-refractivity contribution in [1.29, 1.82) is 0 Å². The van der Waals surface area contributed by atoms with Gasteiger partial charge in [-0.1, -0.05) is 36.5 Å². The summed E-state index contributed by atoms with van der Waals surface area (Å²) >= 11 is 1.38. The maximum atomic E-state index is 12.0. The molecular weight excluding hydrogens is 314 g/mol. The van der Waals surface area contributed by atoms with E-state index in [1.807, 2.05) is 37.3 Å². The summed E-state index contributed by atoms with van der Waals surface area (Å²) in [7, 11) is 0. The van der Waals surface area contributed by atoms with Crippen molar-refractivity contribution in [2.75, 3.05) is 11.2 Å². The molecule has 8 nitrogen and oxygen atoms in total. The smallest absolute Gasteiger partial charge is 0.333 e. The second-order valence-corrected chi connectivity index (χ2v) is 6.03. The van der Waals surface area contributed by atoms with Gasteiger partial charge in [-0.25, -0.2) is 9.48 Å². The molecule has 2 aromatic heterocycles. The van der Waals surface area contributed by atoms with E-state index in [4.69, 9.17) is 5.84 Å². The zero-order chi connectivity index (χ0) is 16.2. The van der Waals surface area contributed by atoms with Gasteiger partial charge in [0.05, 0.1) is 0 Å². The minimum atomic E-state index is -0.346. The van der Waals surface area contributed by atoms with Crippen molar-refractivity contribution in [3.05, 3.63) is 51.6 Å². The van der Waals surface area contributed by atoms with Gasteiger partial charge in [0.15, 0.2) is 5.82 Å². The first-order valence-electron chi connectivity index (χ1n) is 7.25. The molecule has 0 saturated carbocycles. The van der Waals surface area contributed by atoms with Crippen molar-refractivity contribution in [1.82, 2.24) is 24.7 Å². The Morgan fingerprint density at radius 2 is 2.04 bits per heavy atom. The van der Waals surface area contributed by atoms with Gasteiger partial charge in [-0.2, -0.15) is 9.77 Å². The van der Waals surface area contributed by atoms with Crippen LogP contribution in [0.4, 0.5) is 10.8 Å². The van der Waals surface area contributed by atoms with E-state index in [0.29, 0.717) is 22.4 Å². The van der Waals surface area contributed by atoms with E-state index in [-0.39, 0.29) is 12.2 Å². The van der Waals surface area contributed by atoms with Crippen molar-refractivity contribution in [2.45, 2.75) is 26.3 Å². The number of nitrogens with zero attached hydrogens (tertiary/aromatic N) is 5. The molecule has 3 N–H and O–H groups in total. The number of para-hydroxylation sites is 1. The standard InChI is InChI=1S/C14H17N7OS/c1-2-6-11-19-20(14(22)21(11)15)9-12-17-18-13(23-12)16-10-7-4-3-5-8-10/h3-5,7-8H,2,6,9,15H2,1H3,(H,16,18). The Hall–Kier alpha value is -2.68. The lowest BCUT2D eigenvalue weighted by atomic mass is 10.3. The number of benzene rings is 1. The van der Waals surface area contributed by atoms with Crippen LogP contribution in [-0.2, 0) is 13.0 Å². The molecule has 0 amide bonds. The fraction of sp³-hybridized carbons (Fsp3) is 0.286. The summed E-state index contributed by atoms with van der Waals surface area (Å²) in [6, 6.07) is 9.71. The van der Waals surface area contributed by atoms with Crippen LogP contribution in [0.2, 0.25) is 0 Å². The second kappa shape index (κ2) is 6.61. The first-order chi connectivity index (χ1) is 11.2. The summed E-state index contributed by atoms with van der Waals surface area (Å²) in [4.78, 5) is 12.0. The minimum Gasteiger partial charge on any atom is -0.333 e. The average molecular weight is 331 g/mol. The summed E-state index contributed by atoms with van der Waals surface area (Å²) in [6.45, 7) is 2.27. The molecule has 0 aliphatic heterocycles. The van der Waals surface area contributed by atoms with E-state index in [2.05, 4.69) is 20.6 Å². The number of nitrogens with two attached hydrogens (primary N) is 1. The molecule has 0 aliphatic carbocycles. The normalized spacial score (nSPS) is 10.8. The van der Waals surface area contributed by atoms with Gasteiger partial charge in [0.2, 0.25) is 5.13 Å². The molecule has 0 aliphatic rings. The van der Waals surface area contributed by atoms with Crippen molar-refractivity contribution in [2.24, 2.45) is 0 Å². The predicted octanol–water partition coefficient (Wildman–Crippen LogP) is 1.35. The Bertz CT molecular complexity index is 836. The van der Waals surface area contributed by atoms with Gasteiger partial charge < -0.3 is 11.2 Å². The SMILES string of the molecule is CCCc1nn(Cc2nnc(Nc3ccccc3)s2)c(=O)n1N. The van der Waals surface area contributed by atoms with Crippen LogP contribution in [0.3, 0.4) is 0 Å². The van der Waals surface area contributed by atoms with Crippen molar-refractivity contribution in [3.8, 4) is 0 Å². The van der Waals surface area contributed by atoms with Gasteiger partial charge in [-0.15, -0.1) is 10.2 Å². The van der Waals surface area contributed by atoms with Crippen LogP contribution in [0.15, 0.2) is 35.1 Å². The fourth-order valence-electron chi connectivity index (χ4n) is 2.10. The van der Waals surface area contributed by atoms with Crippen LogP contribution in [0.25, 0.3) is 0 Å². The molecule has 0 radical (unpaired) electrons. The number of nitrogens with one attached hydrogen (secondary N) is 1. The number of anilines is 2. The van der Waals surface area contributed by atoms with Crippen molar-refractivity contribution in [3.63, 3.8) is 0 Å². The number of hydrogen-bond donors (Lipinski definition) is 2. The van der Waals surface area contributed by atoms with Crippen LogP contribution in [0.1, 0.15) is 24.2 Å². The van der Waals surface area contributed by atoms with Crippen molar-refractivity contribution >= 4 is 22.2 Å². The molecule has 1 aromatic carbocycles. The molecule has 0 unspecified atom stereocenters. The first kappa shape index (κ1) is 15.2. The minimum absolute atomic E-state index is 0.258. The number of nitrogen functional groups attached to an aromatic ring is 1. The summed E-state index contributed by atoms with van der Waals surface area (Å²) < 4.78 is 2.41. The van der Waals surface area contributed by atoms with Crippen LogP contribution in [0, 0.1) is 0 Å². The maximum Gasteiger partial charge on any atom is 0.364 e.